The van der Waals surface area contributed by atoms with Gasteiger partial charge >= 0.3 is 6.03 Å². The maximum absolute atomic E-state index is 11.4. The largest absolute Gasteiger partial charge is 0.374 e. The third-order valence-electron chi connectivity index (χ3n) is 3.69. The minimum Gasteiger partial charge on any atom is -0.374 e. The second-order valence-corrected chi connectivity index (χ2v) is 7.00. The molecule has 8 heteroatoms. The fourth-order valence-electron chi connectivity index (χ4n) is 2.43. The van der Waals surface area contributed by atoms with Crippen molar-refractivity contribution < 1.29 is 19.2 Å². The molecule has 2 rings (SSSR count). The molecule has 0 aromatic carbocycles. The van der Waals surface area contributed by atoms with Gasteiger partial charge in [0.15, 0.2) is 0 Å². The molecule has 2 heterocycles. The van der Waals surface area contributed by atoms with Crippen molar-refractivity contribution in [2.24, 2.45) is 0 Å². The van der Waals surface area contributed by atoms with Gasteiger partial charge in [0.25, 0.3) is 11.8 Å². The molecule has 0 bridgehead atoms. The number of nitrogens with one attached hydrogen (secondary N) is 2. The quantitative estimate of drug-likeness (QED) is 0.417. The van der Waals surface area contributed by atoms with Crippen molar-refractivity contribution >= 4 is 29.6 Å². The number of carbonyl (C=O) groups excluding carboxylic acids is 3. The first-order valence-corrected chi connectivity index (χ1v) is 8.96. The summed E-state index contributed by atoms with van der Waals surface area (Å²) in [5.41, 5.74) is 0. The molecule has 2 N–H and O–H groups in total. The van der Waals surface area contributed by atoms with E-state index in [0.717, 1.165) is 30.1 Å². The highest BCUT2D eigenvalue weighted by atomic mass is 32.2. The number of carbonyl (C=O) groups is 3. The van der Waals surface area contributed by atoms with E-state index in [2.05, 4.69) is 17.2 Å². The molecule has 1 unspecified atom stereocenters. The number of rotatable bonds is 7. The Morgan fingerprint density at radius 1 is 1.22 bits per heavy atom. The van der Waals surface area contributed by atoms with Gasteiger partial charge < -0.3 is 15.5 Å². The van der Waals surface area contributed by atoms with E-state index in [1.54, 1.807) is 0 Å². The Balaban J connectivity index is 1.60. The van der Waals surface area contributed by atoms with Crippen LogP contribution in [-0.4, -0.2) is 47.0 Å². The smallest absolute Gasteiger partial charge is 0.314 e. The summed E-state index contributed by atoms with van der Waals surface area (Å²) in [5.74, 6) is 0.766. The molecule has 0 saturated carbocycles. The van der Waals surface area contributed by atoms with Gasteiger partial charge in [0.05, 0.1) is 0 Å². The number of hydrogen-bond donors (Lipinski definition) is 2. The average molecular weight is 341 g/mol. The highest BCUT2D eigenvalue weighted by molar-refractivity contribution is 7.99. The number of hydrogen-bond acceptors (Lipinski definition) is 5. The normalized spacial score (nSPS) is 22.2. The molecule has 0 spiro atoms. The topological polar surface area (TPSA) is 87.7 Å². The molecule has 1 atom stereocenters. The van der Waals surface area contributed by atoms with Gasteiger partial charge in [-0.1, -0.05) is 13.0 Å². The molecule has 2 aliphatic rings. The monoisotopic (exact) mass is 341 g/mol. The molecule has 23 heavy (non-hydrogen) atoms. The summed E-state index contributed by atoms with van der Waals surface area (Å²) in [6.07, 6.45) is 3.89. The number of allylic oxidation sites excluding steroid dienone is 1. The lowest BCUT2D eigenvalue weighted by Gasteiger charge is -2.21. The van der Waals surface area contributed by atoms with Crippen LogP contribution >= 0.6 is 11.8 Å². The zero-order chi connectivity index (χ0) is 16.7. The highest BCUT2D eigenvalue weighted by Gasteiger charge is 2.31. The van der Waals surface area contributed by atoms with Crippen molar-refractivity contribution in [3.63, 3.8) is 0 Å². The Kier molecular flexibility index (Phi) is 6.76. The van der Waals surface area contributed by atoms with E-state index < -0.39 is 0 Å². The number of hydroxylamine groups is 2. The highest BCUT2D eigenvalue weighted by Crippen LogP contribution is 2.20. The van der Waals surface area contributed by atoms with Crippen LogP contribution in [0.5, 0.6) is 0 Å². The van der Waals surface area contributed by atoms with E-state index in [-0.39, 0.29) is 30.7 Å². The Labute approximate surface area is 140 Å². The van der Waals surface area contributed by atoms with E-state index in [9.17, 15) is 14.4 Å². The number of thioether (sulfide) groups is 1. The minimum absolute atomic E-state index is 0.1000. The molecule has 0 radical (unpaired) electrons. The molecule has 2 saturated heterocycles. The lowest BCUT2D eigenvalue weighted by molar-refractivity contribution is -0.177. The molecule has 2 fully saturated rings. The maximum Gasteiger partial charge on any atom is 0.314 e. The number of imide groups is 1. The Morgan fingerprint density at radius 2 is 1.96 bits per heavy atom. The second kappa shape index (κ2) is 8.81. The van der Waals surface area contributed by atoms with Gasteiger partial charge in [-0.3, -0.25) is 9.59 Å². The summed E-state index contributed by atoms with van der Waals surface area (Å²) in [6, 6.07) is -0.1000. The van der Waals surface area contributed by atoms with Crippen molar-refractivity contribution in [2.75, 3.05) is 18.8 Å². The van der Waals surface area contributed by atoms with E-state index in [1.165, 1.54) is 0 Å². The molecule has 0 aromatic rings. The third-order valence-corrected chi connectivity index (χ3v) is 5.00. The van der Waals surface area contributed by atoms with Gasteiger partial charge in [0, 0.05) is 43.4 Å². The molecule has 0 aliphatic carbocycles. The number of unbranched alkanes of at least 4 members (excludes halogenated alkanes) is 1. The molecular formula is C15H23N3O4S. The molecule has 4 amide bonds. The first kappa shape index (κ1) is 17.7. The van der Waals surface area contributed by atoms with Gasteiger partial charge in [-0.2, -0.15) is 11.8 Å². The van der Waals surface area contributed by atoms with Gasteiger partial charge in [-0.15, -0.1) is 5.06 Å². The number of urea groups is 1. The summed E-state index contributed by atoms with van der Waals surface area (Å²) in [4.78, 5) is 39.4. The third kappa shape index (κ3) is 5.78. The molecule has 7 nitrogen and oxygen atoms in total. The van der Waals surface area contributed by atoms with Crippen LogP contribution in [0.1, 0.15) is 38.5 Å². The SMILES string of the molecule is C=C(CCCCC1CNC(=O)NCCS1)ON1C(=O)CCC1=O. The van der Waals surface area contributed by atoms with Crippen LogP contribution in [0.15, 0.2) is 12.3 Å². The Morgan fingerprint density at radius 3 is 2.70 bits per heavy atom. The minimum atomic E-state index is -0.300. The van der Waals surface area contributed by atoms with Crippen LogP contribution in [0, 0.1) is 0 Å². The molecular weight excluding hydrogens is 318 g/mol. The van der Waals surface area contributed by atoms with Crippen LogP contribution in [-0.2, 0) is 14.4 Å². The summed E-state index contributed by atoms with van der Waals surface area (Å²) >= 11 is 1.86. The predicted octanol–water partition coefficient (Wildman–Crippen LogP) is 1.56. The van der Waals surface area contributed by atoms with Crippen LogP contribution < -0.4 is 10.6 Å². The first-order chi connectivity index (χ1) is 11.1. The van der Waals surface area contributed by atoms with Crippen LogP contribution in [0.2, 0.25) is 0 Å². The van der Waals surface area contributed by atoms with Gasteiger partial charge in [0.1, 0.15) is 5.76 Å². The van der Waals surface area contributed by atoms with E-state index in [0.29, 0.717) is 30.5 Å². The van der Waals surface area contributed by atoms with Crippen LogP contribution in [0.25, 0.3) is 0 Å². The summed E-state index contributed by atoms with van der Waals surface area (Å²) in [6.45, 7) is 5.13. The van der Waals surface area contributed by atoms with E-state index in [4.69, 9.17) is 4.84 Å². The first-order valence-electron chi connectivity index (χ1n) is 7.91. The lowest BCUT2D eigenvalue weighted by atomic mass is 10.1. The van der Waals surface area contributed by atoms with Gasteiger partial charge in [-0.05, 0) is 12.8 Å². The summed E-state index contributed by atoms with van der Waals surface area (Å²) in [7, 11) is 0. The number of amides is 4. The van der Waals surface area contributed by atoms with Gasteiger partial charge in [-0.25, -0.2) is 4.79 Å². The zero-order valence-electron chi connectivity index (χ0n) is 13.1. The summed E-state index contributed by atoms with van der Waals surface area (Å²) < 4.78 is 0. The molecule has 128 valence electrons. The maximum atomic E-state index is 11.4. The predicted molar refractivity (Wildman–Crippen MR) is 87.4 cm³/mol. The second-order valence-electron chi connectivity index (χ2n) is 5.59. The standard InChI is InChI=1S/C15H23N3O4S/c1-11(22-18-13(19)6-7-14(18)20)4-2-3-5-12-10-17-15(21)16-8-9-23-12/h12H,1-10H2,(H2,16,17,21). The van der Waals surface area contributed by atoms with Crippen LogP contribution in [0.4, 0.5) is 4.79 Å². The fraction of sp³-hybridized carbons (Fsp3) is 0.667. The summed E-state index contributed by atoms with van der Waals surface area (Å²) in [5, 5.41) is 6.86. The van der Waals surface area contributed by atoms with Crippen molar-refractivity contribution in [1.82, 2.24) is 15.7 Å². The van der Waals surface area contributed by atoms with Crippen molar-refractivity contribution in [3.05, 3.63) is 12.3 Å². The zero-order valence-corrected chi connectivity index (χ0v) is 14.0. The van der Waals surface area contributed by atoms with Crippen molar-refractivity contribution in [2.45, 2.75) is 43.8 Å². The van der Waals surface area contributed by atoms with Gasteiger partial charge in [0.2, 0.25) is 0 Å². The average Bonchev–Trinajstić information content (AvgIpc) is 2.81. The lowest BCUT2D eigenvalue weighted by Crippen LogP contribution is -2.42. The fourth-order valence-corrected chi connectivity index (χ4v) is 3.52. The molecule has 0 aromatic heterocycles. The Bertz CT molecular complexity index is 467. The van der Waals surface area contributed by atoms with Crippen molar-refractivity contribution in [3.8, 4) is 0 Å². The number of nitrogens with zero attached hydrogens (tertiary/aromatic N) is 1. The van der Waals surface area contributed by atoms with Crippen molar-refractivity contribution in [1.29, 1.82) is 0 Å². The van der Waals surface area contributed by atoms with Crippen LogP contribution in [0.3, 0.4) is 0 Å². The molecule has 2 aliphatic heterocycles. The van der Waals surface area contributed by atoms with E-state index in [1.807, 2.05) is 11.8 Å². The Hall–Kier alpha value is -1.70. The van der Waals surface area contributed by atoms with E-state index >= 15 is 0 Å².